The fourth-order valence-electron chi connectivity index (χ4n) is 4.59. The summed E-state index contributed by atoms with van der Waals surface area (Å²) in [7, 11) is 2.07. The van der Waals surface area contributed by atoms with Gasteiger partial charge in [0.15, 0.2) is 0 Å². The highest BCUT2D eigenvalue weighted by Crippen LogP contribution is 2.30. The number of imidazole rings is 1. The van der Waals surface area contributed by atoms with Crippen molar-refractivity contribution in [1.29, 1.82) is 0 Å². The molecule has 1 atom stereocenters. The molecule has 1 fully saturated rings. The predicted molar refractivity (Wildman–Crippen MR) is 122 cm³/mol. The van der Waals surface area contributed by atoms with Crippen molar-refractivity contribution >= 4 is 5.69 Å². The van der Waals surface area contributed by atoms with E-state index in [1.807, 2.05) is 12.4 Å². The molecule has 0 aliphatic carbocycles. The van der Waals surface area contributed by atoms with Crippen molar-refractivity contribution in [3.05, 3.63) is 84.7 Å². The van der Waals surface area contributed by atoms with Gasteiger partial charge in [0.2, 0.25) is 0 Å². The minimum Gasteiger partial charge on any atom is -0.354 e. The average Bonchev–Trinajstić information content (AvgIpc) is 3.51. The Kier molecular flexibility index (Phi) is 5.05. The van der Waals surface area contributed by atoms with Gasteiger partial charge in [0.1, 0.15) is 5.82 Å². The highest BCUT2D eigenvalue weighted by Gasteiger charge is 2.29. The molecule has 0 N–H and O–H groups in total. The molecule has 154 valence electrons. The Labute approximate surface area is 178 Å². The van der Waals surface area contributed by atoms with Crippen LogP contribution in [-0.2, 0) is 13.6 Å². The molecule has 3 aromatic rings. The van der Waals surface area contributed by atoms with Crippen molar-refractivity contribution in [2.24, 2.45) is 7.05 Å². The lowest BCUT2D eigenvalue weighted by atomic mass is 10.0. The van der Waals surface area contributed by atoms with E-state index in [0.29, 0.717) is 6.04 Å². The van der Waals surface area contributed by atoms with Crippen LogP contribution < -0.4 is 4.90 Å². The number of hydrogen-bond acceptors (Lipinski definition) is 4. The van der Waals surface area contributed by atoms with E-state index in [9.17, 15) is 0 Å². The Hall–Kier alpha value is -3.05. The lowest BCUT2D eigenvalue weighted by Crippen LogP contribution is -2.36. The molecule has 3 heterocycles. The number of likely N-dealkylation sites (tertiary alicyclic amines) is 1. The molecule has 30 heavy (non-hydrogen) atoms. The number of rotatable bonds is 5. The molecule has 2 aliphatic rings. The van der Waals surface area contributed by atoms with E-state index in [2.05, 4.69) is 99.2 Å². The van der Waals surface area contributed by atoms with E-state index in [-0.39, 0.29) is 0 Å². The summed E-state index contributed by atoms with van der Waals surface area (Å²) in [4.78, 5) is 11.9. The molecule has 5 nitrogen and oxygen atoms in total. The quantitative estimate of drug-likeness (QED) is 0.642. The molecule has 0 unspecified atom stereocenters. The summed E-state index contributed by atoms with van der Waals surface area (Å²) in [6.07, 6.45) is 9.60. The van der Waals surface area contributed by atoms with Gasteiger partial charge in [0.05, 0.1) is 13.2 Å². The second-order valence-corrected chi connectivity index (χ2v) is 8.42. The van der Waals surface area contributed by atoms with Crippen LogP contribution in [0.1, 0.15) is 17.8 Å². The smallest absolute Gasteiger partial charge is 0.122 e. The van der Waals surface area contributed by atoms with E-state index in [0.717, 1.165) is 32.1 Å². The van der Waals surface area contributed by atoms with E-state index >= 15 is 0 Å². The number of benzene rings is 2. The maximum Gasteiger partial charge on any atom is 0.122 e. The van der Waals surface area contributed by atoms with Crippen LogP contribution >= 0.6 is 0 Å². The third-order valence-electron chi connectivity index (χ3n) is 6.37. The second-order valence-electron chi connectivity index (χ2n) is 8.42. The fourth-order valence-corrected chi connectivity index (χ4v) is 4.59. The van der Waals surface area contributed by atoms with Crippen LogP contribution in [0, 0.1) is 6.92 Å². The van der Waals surface area contributed by atoms with Gasteiger partial charge in [-0.1, -0.05) is 36.4 Å². The second kappa shape index (κ2) is 8.00. The normalized spacial score (nSPS) is 19.2. The Morgan fingerprint density at radius 2 is 1.90 bits per heavy atom. The van der Waals surface area contributed by atoms with Crippen molar-refractivity contribution in [3.63, 3.8) is 0 Å². The lowest BCUT2D eigenvalue weighted by molar-refractivity contribution is 0.261. The summed E-state index contributed by atoms with van der Waals surface area (Å²) in [5, 5.41) is 0. The van der Waals surface area contributed by atoms with Gasteiger partial charge in [-0.15, -0.1) is 0 Å². The third-order valence-corrected chi connectivity index (χ3v) is 6.37. The van der Waals surface area contributed by atoms with E-state index in [1.165, 1.54) is 28.8 Å². The van der Waals surface area contributed by atoms with Gasteiger partial charge in [-0.25, -0.2) is 4.98 Å². The molecule has 5 rings (SSSR count). The summed E-state index contributed by atoms with van der Waals surface area (Å²) in [5.41, 5.74) is 5.14. The van der Waals surface area contributed by atoms with E-state index in [1.54, 1.807) is 0 Å². The van der Waals surface area contributed by atoms with Crippen molar-refractivity contribution in [3.8, 4) is 11.1 Å². The number of hydrogen-bond donors (Lipinski definition) is 0. The molecule has 2 aliphatic heterocycles. The highest BCUT2D eigenvalue weighted by atomic mass is 15.4. The predicted octanol–water partition coefficient (Wildman–Crippen LogP) is 4.22. The highest BCUT2D eigenvalue weighted by molar-refractivity contribution is 5.69. The molecule has 0 radical (unpaired) electrons. The van der Waals surface area contributed by atoms with Gasteiger partial charge in [0.25, 0.3) is 0 Å². The maximum atomic E-state index is 4.48. The zero-order valence-corrected chi connectivity index (χ0v) is 17.8. The molecule has 0 spiro atoms. The van der Waals surface area contributed by atoms with Gasteiger partial charge in [-0.3, -0.25) is 4.90 Å². The van der Waals surface area contributed by atoms with Crippen LogP contribution in [0.4, 0.5) is 5.69 Å². The maximum absolute atomic E-state index is 4.48. The van der Waals surface area contributed by atoms with Gasteiger partial charge < -0.3 is 14.4 Å². The minimum absolute atomic E-state index is 0.565. The first-order chi connectivity index (χ1) is 14.7. The largest absolute Gasteiger partial charge is 0.354 e. The standard InChI is InChI=1S/C25H29N5/c1-20-16-22(21-6-4-3-5-7-21)8-9-24(20)30-15-14-29(19-30)23-10-12-28(17-23)18-25-26-11-13-27(25)2/h3-9,11,13-16,23H,10,12,17-19H2,1-2H3/t23-/m0/s1. The van der Waals surface area contributed by atoms with Crippen molar-refractivity contribution in [2.45, 2.75) is 25.9 Å². The first-order valence-electron chi connectivity index (χ1n) is 10.7. The minimum atomic E-state index is 0.565. The van der Waals surface area contributed by atoms with Crippen LogP contribution in [0.5, 0.6) is 0 Å². The number of anilines is 1. The van der Waals surface area contributed by atoms with Gasteiger partial charge >= 0.3 is 0 Å². The first-order valence-corrected chi connectivity index (χ1v) is 10.7. The van der Waals surface area contributed by atoms with Crippen LogP contribution in [0.25, 0.3) is 11.1 Å². The molecule has 0 bridgehead atoms. The van der Waals surface area contributed by atoms with E-state index < -0.39 is 0 Å². The Balaban J connectivity index is 1.22. The molecular formula is C25H29N5. The summed E-state index contributed by atoms with van der Waals surface area (Å²) >= 11 is 0. The molecular weight excluding hydrogens is 370 g/mol. The molecule has 0 amide bonds. The van der Waals surface area contributed by atoms with Crippen LogP contribution in [0.2, 0.25) is 0 Å². The zero-order chi connectivity index (χ0) is 20.5. The molecule has 1 saturated heterocycles. The monoisotopic (exact) mass is 399 g/mol. The van der Waals surface area contributed by atoms with Crippen molar-refractivity contribution in [1.82, 2.24) is 19.4 Å². The number of aromatic nitrogens is 2. The Morgan fingerprint density at radius 1 is 1.03 bits per heavy atom. The summed E-state index contributed by atoms with van der Waals surface area (Å²) in [5.74, 6) is 1.14. The average molecular weight is 400 g/mol. The van der Waals surface area contributed by atoms with Crippen LogP contribution in [0.3, 0.4) is 0 Å². The first kappa shape index (κ1) is 18.9. The van der Waals surface area contributed by atoms with Crippen molar-refractivity contribution in [2.75, 3.05) is 24.7 Å². The van der Waals surface area contributed by atoms with Crippen molar-refractivity contribution < 1.29 is 0 Å². The van der Waals surface area contributed by atoms with Gasteiger partial charge in [-0.2, -0.15) is 0 Å². The zero-order valence-electron chi connectivity index (χ0n) is 17.8. The molecule has 1 aromatic heterocycles. The molecule has 5 heteroatoms. The summed E-state index contributed by atoms with van der Waals surface area (Å²) < 4.78 is 2.12. The lowest BCUT2D eigenvalue weighted by Gasteiger charge is -2.27. The Morgan fingerprint density at radius 3 is 2.67 bits per heavy atom. The number of aryl methyl sites for hydroxylation is 2. The topological polar surface area (TPSA) is 27.5 Å². The molecule has 0 saturated carbocycles. The summed E-state index contributed by atoms with van der Waals surface area (Å²) in [6, 6.07) is 17.9. The van der Waals surface area contributed by atoms with E-state index in [4.69, 9.17) is 0 Å². The summed E-state index contributed by atoms with van der Waals surface area (Å²) in [6.45, 7) is 6.29. The third kappa shape index (κ3) is 3.73. The number of nitrogens with zero attached hydrogens (tertiary/aromatic N) is 5. The van der Waals surface area contributed by atoms with Gasteiger partial charge in [-0.05, 0) is 42.2 Å². The fraction of sp³-hybridized carbons (Fsp3) is 0.320. The SMILES string of the molecule is Cc1cc(-c2ccccc2)ccc1N1C=CN([C@H]2CCN(Cc3nccn3C)C2)C1. The van der Waals surface area contributed by atoms with Crippen LogP contribution in [0.15, 0.2) is 73.3 Å². The molecule has 2 aromatic carbocycles. The Bertz CT molecular complexity index is 1040. The van der Waals surface area contributed by atoms with Crippen LogP contribution in [-0.4, -0.2) is 45.2 Å². The van der Waals surface area contributed by atoms with Gasteiger partial charge in [0, 0.05) is 56.7 Å².